The molecule has 20 heavy (non-hydrogen) atoms. The highest BCUT2D eigenvalue weighted by Crippen LogP contribution is 2.25. The minimum atomic E-state index is 0.679. The minimum Gasteiger partial charge on any atom is -0.439 e. The fourth-order valence-corrected chi connectivity index (χ4v) is 2.37. The van der Waals surface area contributed by atoms with Gasteiger partial charge in [-0.3, -0.25) is 0 Å². The molecule has 0 atom stereocenters. The molecule has 0 spiro atoms. The van der Waals surface area contributed by atoms with Crippen LogP contribution in [0.5, 0.6) is 0 Å². The Morgan fingerprint density at radius 2 is 1.85 bits per heavy atom. The van der Waals surface area contributed by atoms with Crippen molar-refractivity contribution in [3.8, 4) is 0 Å². The van der Waals surface area contributed by atoms with Crippen molar-refractivity contribution in [3.05, 3.63) is 59.5 Å². The SMILES string of the molecule is CCc1cc(N)c2oc(CCc3ccccc3)nc2c1. The van der Waals surface area contributed by atoms with Crippen molar-refractivity contribution in [1.29, 1.82) is 0 Å². The van der Waals surface area contributed by atoms with Gasteiger partial charge in [0.2, 0.25) is 0 Å². The number of anilines is 1. The van der Waals surface area contributed by atoms with E-state index in [1.165, 1.54) is 11.1 Å². The predicted molar refractivity (Wildman–Crippen MR) is 81.6 cm³/mol. The number of benzene rings is 2. The van der Waals surface area contributed by atoms with Crippen molar-refractivity contribution < 1.29 is 4.42 Å². The summed E-state index contributed by atoms with van der Waals surface area (Å²) in [5, 5.41) is 0. The molecule has 1 heterocycles. The van der Waals surface area contributed by atoms with Crippen molar-refractivity contribution >= 4 is 16.8 Å². The number of aromatic nitrogens is 1. The van der Waals surface area contributed by atoms with Crippen molar-refractivity contribution in [2.24, 2.45) is 0 Å². The van der Waals surface area contributed by atoms with Crippen molar-refractivity contribution in [2.75, 3.05) is 5.73 Å². The second-order valence-corrected chi connectivity index (χ2v) is 4.98. The van der Waals surface area contributed by atoms with Crippen molar-refractivity contribution in [3.63, 3.8) is 0 Å². The van der Waals surface area contributed by atoms with Gasteiger partial charge in [0.05, 0.1) is 5.69 Å². The lowest BCUT2D eigenvalue weighted by atomic mass is 10.1. The first-order chi connectivity index (χ1) is 9.76. The molecule has 0 saturated carbocycles. The van der Waals surface area contributed by atoms with Gasteiger partial charge in [-0.25, -0.2) is 4.98 Å². The first-order valence-corrected chi connectivity index (χ1v) is 6.98. The third-order valence-corrected chi connectivity index (χ3v) is 3.50. The molecule has 0 bridgehead atoms. The Kier molecular flexibility index (Phi) is 3.42. The van der Waals surface area contributed by atoms with Crippen LogP contribution in [-0.2, 0) is 19.3 Å². The highest BCUT2D eigenvalue weighted by Gasteiger charge is 2.10. The van der Waals surface area contributed by atoms with Crippen LogP contribution in [0.25, 0.3) is 11.1 Å². The normalized spacial score (nSPS) is 11.1. The van der Waals surface area contributed by atoms with Crippen LogP contribution in [0, 0.1) is 0 Å². The molecule has 0 aliphatic rings. The summed E-state index contributed by atoms with van der Waals surface area (Å²) < 4.78 is 5.78. The van der Waals surface area contributed by atoms with Gasteiger partial charge in [0.25, 0.3) is 0 Å². The van der Waals surface area contributed by atoms with Gasteiger partial charge in [-0.1, -0.05) is 37.3 Å². The summed E-state index contributed by atoms with van der Waals surface area (Å²) >= 11 is 0. The molecule has 102 valence electrons. The van der Waals surface area contributed by atoms with Gasteiger partial charge in [-0.05, 0) is 36.1 Å². The smallest absolute Gasteiger partial charge is 0.195 e. The molecule has 3 aromatic rings. The van der Waals surface area contributed by atoms with Gasteiger partial charge in [0, 0.05) is 6.42 Å². The molecule has 0 radical (unpaired) electrons. The Morgan fingerprint density at radius 1 is 1.05 bits per heavy atom. The molecule has 0 aliphatic carbocycles. The lowest BCUT2D eigenvalue weighted by Gasteiger charge is -1.98. The third-order valence-electron chi connectivity index (χ3n) is 3.50. The molecule has 0 unspecified atom stereocenters. The summed E-state index contributed by atoms with van der Waals surface area (Å²) in [7, 11) is 0. The summed E-state index contributed by atoms with van der Waals surface area (Å²) in [4.78, 5) is 4.55. The zero-order chi connectivity index (χ0) is 13.9. The highest BCUT2D eigenvalue weighted by molar-refractivity contribution is 5.85. The van der Waals surface area contributed by atoms with E-state index in [1.54, 1.807) is 0 Å². The van der Waals surface area contributed by atoms with E-state index in [4.69, 9.17) is 10.2 Å². The van der Waals surface area contributed by atoms with Gasteiger partial charge in [-0.2, -0.15) is 0 Å². The van der Waals surface area contributed by atoms with Crippen LogP contribution >= 0.6 is 0 Å². The molecular formula is C17H18N2O. The Hall–Kier alpha value is -2.29. The molecule has 3 nitrogen and oxygen atoms in total. The van der Waals surface area contributed by atoms with E-state index >= 15 is 0 Å². The average Bonchev–Trinajstić information content (AvgIpc) is 2.89. The molecule has 3 rings (SSSR count). The maximum absolute atomic E-state index is 6.02. The lowest BCUT2D eigenvalue weighted by molar-refractivity contribution is 0.529. The third kappa shape index (κ3) is 2.52. The van der Waals surface area contributed by atoms with Crippen LogP contribution in [0.3, 0.4) is 0 Å². The maximum atomic E-state index is 6.02. The van der Waals surface area contributed by atoms with E-state index < -0.39 is 0 Å². The van der Waals surface area contributed by atoms with E-state index in [0.29, 0.717) is 11.3 Å². The molecule has 3 heteroatoms. The van der Waals surface area contributed by atoms with E-state index in [2.05, 4.69) is 30.1 Å². The Balaban J connectivity index is 1.84. The molecule has 2 aromatic carbocycles. The maximum Gasteiger partial charge on any atom is 0.195 e. The summed E-state index contributed by atoms with van der Waals surface area (Å²) in [5.74, 6) is 0.754. The van der Waals surface area contributed by atoms with Crippen LogP contribution in [-0.4, -0.2) is 4.98 Å². The molecular weight excluding hydrogens is 248 g/mol. The number of aryl methyl sites for hydroxylation is 3. The fourth-order valence-electron chi connectivity index (χ4n) is 2.37. The number of oxazole rings is 1. The zero-order valence-electron chi connectivity index (χ0n) is 11.6. The molecule has 0 aliphatic heterocycles. The number of nitrogen functional groups attached to an aromatic ring is 1. The zero-order valence-corrected chi connectivity index (χ0v) is 11.6. The number of hydrogen-bond acceptors (Lipinski definition) is 3. The van der Waals surface area contributed by atoms with E-state index in [9.17, 15) is 0 Å². The second kappa shape index (κ2) is 5.37. The first kappa shape index (κ1) is 12.7. The van der Waals surface area contributed by atoms with Crippen LogP contribution < -0.4 is 5.73 Å². The number of nitrogens with zero attached hydrogens (tertiary/aromatic N) is 1. The Labute approximate surface area is 118 Å². The predicted octanol–water partition coefficient (Wildman–Crippen LogP) is 3.76. The summed E-state index contributed by atoms with van der Waals surface area (Å²) in [6, 6.07) is 14.4. The Morgan fingerprint density at radius 3 is 2.60 bits per heavy atom. The van der Waals surface area contributed by atoms with Crippen LogP contribution in [0.4, 0.5) is 5.69 Å². The molecule has 0 saturated heterocycles. The van der Waals surface area contributed by atoms with E-state index in [0.717, 1.165) is 30.7 Å². The molecule has 0 fully saturated rings. The second-order valence-electron chi connectivity index (χ2n) is 4.98. The van der Waals surface area contributed by atoms with Crippen LogP contribution in [0.1, 0.15) is 23.9 Å². The van der Waals surface area contributed by atoms with Crippen molar-refractivity contribution in [2.45, 2.75) is 26.2 Å². The highest BCUT2D eigenvalue weighted by atomic mass is 16.3. The van der Waals surface area contributed by atoms with Gasteiger partial charge < -0.3 is 10.2 Å². The number of nitrogens with two attached hydrogens (primary N) is 1. The summed E-state index contributed by atoms with van der Waals surface area (Å²) in [6.45, 7) is 2.11. The Bertz CT molecular complexity index is 716. The fraction of sp³-hybridized carbons (Fsp3) is 0.235. The average molecular weight is 266 g/mol. The number of rotatable bonds is 4. The summed E-state index contributed by atoms with van der Waals surface area (Å²) in [5.41, 5.74) is 10.8. The van der Waals surface area contributed by atoms with Crippen LogP contribution in [0.15, 0.2) is 46.9 Å². The van der Waals surface area contributed by atoms with Crippen molar-refractivity contribution in [1.82, 2.24) is 4.98 Å². The monoisotopic (exact) mass is 266 g/mol. The molecule has 0 amide bonds. The quantitative estimate of drug-likeness (QED) is 0.731. The standard InChI is InChI=1S/C17H18N2O/c1-2-12-10-14(18)17-15(11-12)19-16(20-17)9-8-13-6-4-3-5-7-13/h3-7,10-11H,2,8-9,18H2,1H3. The first-order valence-electron chi connectivity index (χ1n) is 6.98. The number of hydrogen-bond donors (Lipinski definition) is 1. The lowest BCUT2D eigenvalue weighted by Crippen LogP contribution is -1.90. The number of fused-ring (bicyclic) bond motifs is 1. The van der Waals surface area contributed by atoms with E-state index in [1.807, 2.05) is 24.3 Å². The topological polar surface area (TPSA) is 52.0 Å². The minimum absolute atomic E-state index is 0.679. The molecule has 2 N–H and O–H groups in total. The van der Waals surface area contributed by atoms with Gasteiger partial charge >= 0.3 is 0 Å². The largest absolute Gasteiger partial charge is 0.439 e. The van der Waals surface area contributed by atoms with Gasteiger partial charge in [-0.15, -0.1) is 0 Å². The molecule has 1 aromatic heterocycles. The van der Waals surface area contributed by atoms with E-state index in [-0.39, 0.29) is 0 Å². The van der Waals surface area contributed by atoms with Gasteiger partial charge in [0.1, 0.15) is 5.52 Å². The van der Waals surface area contributed by atoms with Crippen LogP contribution in [0.2, 0.25) is 0 Å². The van der Waals surface area contributed by atoms with Gasteiger partial charge in [0.15, 0.2) is 11.5 Å². The summed E-state index contributed by atoms with van der Waals surface area (Å²) in [6.07, 6.45) is 2.67.